The Balaban J connectivity index is 1.38. The van der Waals surface area contributed by atoms with Crippen LogP contribution in [0.2, 0.25) is 0 Å². The van der Waals surface area contributed by atoms with Gasteiger partial charge in [-0.3, -0.25) is 4.79 Å². The van der Waals surface area contributed by atoms with Gasteiger partial charge in [0.2, 0.25) is 0 Å². The third-order valence-corrected chi connectivity index (χ3v) is 7.08. The van der Waals surface area contributed by atoms with Gasteiger partial charge < -0.3 is 14.7 Å². The number of benzene rings is 3. The van der Waals surface area contributed by atoms with E-state index >= 15 is 0 Å². The minimum atomic E-state index is -1.52. The summed E-state index contributed by atoms with van der Waals surface area (Å²) in [6.07, 6.45) is 3.07. The summed E-state index contributed by atoms with van der Waals surface area (Å²) in [5.74, 6) is 0.439. The zero-order chi connectivity index (χ0) is 26.9. The summed E-state index contributed by atoms with van der Waals surface area (Å²) in [4.78, 5) is 17.4. The Bertz CT molecular complexity index is 1590. The summed E-state index contributed by atoms with van der Waals surface area (Å²) >= 11 is 0. The van der Waals surface area contributed by atoms with Gasteiger partial charge >= 0.3 is 0 Å². The first-order valence-corrected chi connectivity index (χ1v) is 12.6. The standard InChI is InChI=1S/C32H30N2O4/c1-21-9-11-27(22(2)15-21)28(24-7-5-4-6-8-24)19-26(35)17-23-10-12-29-25(16-23)18-31(38-29)32(3,36)30-13-14-34(37)20-33-30/h4-16,18,20,28,36H,17,19H2,1-3H3/t28-,32?/m0/s1. The van der Waals surface area contributed by atoms with Crippen molar-refractivity contribution in [3.8, 4) is 0 Å². The molecule has 0 radical (unpaired) electrons. The monoisotopic (exact) mass is 506 g/mol. The number of carbonyl (C=O) groups excluding carboxylic acids is 1. The van der Waals surface area contributed by atoms with Crippen molar-refractivity contribution in [1.29, 1.82) is 0 Å². The van der Waals surface area contributed by atoms with E-state index in [2.05, 4.69) is 49.2 Å². The molecule has 0 aliphatic carbocycles. The van der Waals surface area contributed by atoms with Crippen molar-refractivity contribution in [2.45, 2.75) is 45.1 Å². The largest absolute Gasteiger partial charge is 0.711 e. The molecule has 1 N–H and O–H groups in total. The lowest BCUT2D eigenvalue weighted by atomic mass is 9.83. The van der Waals surface area contributed by atoms with E-state index in [0.29, 0.717) is 34.6 Å². The second-order valence-electron chi connectivity index (χ2n) is 10.1. The Hall–Kier alpha value is -4.29. The van der Waals surface area contributed by atoms with Gasteiger partial charge in [0.05, 0.1) is 6.20 Å². The lowest BCUT2D eigenvalue weighted by Gasteiger charge is -2.20. The molecule has 0 spiro atoms. The van der Waals surface area contributed by atoms with Crippen LogP contribution in [-0.2, 0) is 16.8 Å². The highest BCUT2D eigenvalue weighted by Crippen LogP contribution is 2.34. The number of fused-ring (bicyclic) bond motifs is 1. The summed E-state index contributed by atoms with van der Waals surface area (Å²) < 4.78 is 6.48. The Morgan fingerprint density at radius 3 is 2.55 bits per heavy atom. The predicted molar refractivity (Wildman–Crippen MR) is 146 cm³/mol. The van der Waals surface area contributed by atoms with Crippen LogP contribution in [-0.4, -0.2) is 15.9 Å². The summed E-state index contributed by atoms with van der Waals surface area (Å²) in [6, 6.07) is 25.4. The van der Waals surface area contributed by atoms with E-state index in [0.717, 1.165) is 22.8 Å². The molecule has 6 nitrogen and oxygen atoms in total. The summed E-state index contributed by atoms with van der Waals surface area (Å²) in [6.45, 7) is 5.75. The number of aliphatic hydroxyl groups is 1. The molecule has 2 atom stereocenters. The van der Waals surface area contributed by atoms with Crippen molar-refractivity contribution in [2.24, 2.45) is 0 Å². The van der Waals surface area contributed by atoms with Crippen LogP contribution in [0, 0.1) is 19.1 Å². The van der Waals surface area contributed by atoms with Crippen molar-refractivity contribution in [1.82, 2.24) is 4.98 Å². The SMILES string of the molecule is Cc1ccc([C@@H](CC(=O)Cc2ccc3oc(C(C)(O)c4cc[n+]([O-])cn4)cc3c2)c2ccccc2)c(C)c1. The number of aryl methyl sites for hydroxylation is 2. The lowest BCUT2D eigenvalue weighted by Crippen LogP contribution is -2.30. The fourth-order valence-corrected chi connectivity index (χ4v) is 5.04. The molecular weight excluding hydrogens is 476 g/mol. The first kappa shape index (κ1) is 25.4. The Kier molecular flexibility index (Phi) is 6.83. The fourth-order valence-electron chi connectivity index (χ4n) is 5.04. The molecule has 38 heavy (non-hydrogen) atoms. The van der Waals surface area contributed by atoms with Crippen LogP contribution in [0.15, 0.2) is 95.8 Å². The predicted octanol–water partition coefficient (Wildman–Crippen LogP) is 5.67. The molecule has 0 fully saturated rings. The number of nitrogens with zero attached hydrogens (tertiary/aromatic N) is 2. The first-order chi connectivity index (χ1) is 18.2. The van der Waals surface area contributed by atoms with Gasteiger partial charge in [0.1, 0.15) is 17.1 Å². The molecule has 2 heterocycles. The van der Waals surface area contributed by atoms with Crippen molar-refractivity contribution >= 4 is 16.8 Å². The third kappa shape index (κ3) is 5.22. The maximum Gasteiger partial charge on any atom is 0.289 e. The van der Waals surface area contributed by atoms with E-state index in [1.807, 2.05) is 36.4 Å². The molecular formula is C32H30N2O4. The smallest absolute Gasteiger partial charge is 0.289 e. The molecule has 0 saturated carbocycles. The topological polar surface area (TPSA) is 90.3 Å². The Labute approximate surface area is 221 Å². The second kappa shape index (κ2) is 10.2. The van der Waals surface area contributed by atoms with Crippen LogP contribution >= 0.6 is 0 Å². The van der Waals surface area contributed by atoms with E-state index in [-0.39, 0.29) is 11.7 Å². The van der Waals surface area contributed by atoms with Gasteiger partial charge in [-0.15, -0.1) is 0 Å². The van der Waals surface area contributed by atoms with E-state index in [1.165, 1.54) is 29.0 Å². The number of furan rings is 1. The highest BCUT2D eigenvalue weighted by Gasteiger charge is 2.35. The quantitative estimate of drug-likeness (QED) is 0.216. The van der Waals surface area contributed by atoms with Gasteiger partial charge in [0, 0.05) is 30.2 Å². The maximum atomic E-state index is 13.4. The highest BCUT2D eigenvalue weighted by atomic mass is 16.5. The number of hydrogen-bond donors (Lipinski definition) is 1. The Morgan fingerprint density at radius 1 is 1.05 bits per heavy atom. The molecule has 0 aliphatic rings. The molecule has 1 unspecified atom stereocenters. The van der Waals surface area contributed by atoms with Crippen LogP contribution < -0.4 is 4.73 Å². The van der Waals surface area contributed by atoms with Gasteiger partial charge in [-0.05, 0) is 66.2 Å². The lowest BCUT2D eigenvalue weighted by molar-refractivity contribution is -0.609. The van der Waals surface area contributed by atoms with Crippen molar-refractivity contribution < 1.29 is 19.0 Å². The molecule has 0 saturated heterocycles. The second-order valence-corrected chi connectivity index (χ2v) is 10.1. The van der Waals surface area contributed by atoms with Crippen molar-refractivity contribution in [3.63, 3.8) is 0 Å². The molecule has 192 valence electrons. The third-order valence-electron chi connectivity index (χ3n) is 7.08. The number of ketones is 1. The van der Waals surface area contributed by atoms with Crippen LogP contribution in [0.25, 0.3) is 11.0 Å². The average Bonchev–Trinajstić information content (AvgIpc) is 3.33. The zero-order valence-corrected chi connectivity index (χ0v) is 21.7. The zero-order valence-electron chi connectivity index (χ0n) is 21.7. The first-order valence-electron chi connectivity index (χ1n) is 12.6. The molecule has 0 aliphatic heterocycles. The summed E-state index contributed by atoms with van der Waals surface area (Å²) in [5.41, 5.74) is 4.95. The highest BCUT2D eigenvalue weighted by molar-refractivity contribution is 5.85. The minimum Gasteiger partial charge on any atom is -0.711 e. The van der Waals surface area contributed by atoms with E-state index in [9.17, 15) is 15.1 Å². The van der Waals surface area contributed by atoms with Crippen LogP contribution in [0.3, 0.4) is 0 Å². The number of aromatic nitrogens is 2. The molecule has 0 amide bonds. The normalized spacial score (nSPS) is 13.8. The molecule has 5 rings (SSSR count). The van der Waals surface area contributed by atoms with Crippen molar-refractivity contribution in [2.75, 3.05) is 0 Å². The number of Topliss-reactive ketones (excluding diaryl/α,β-unsaturated/α-hetero) is 1. The van der Waals surface area contributed by atoms with E-state index in [4.69, 9.17) is 4.42 Å². The van der Waals surface area contributed by atoms with Gasteiger partial charge in [0.25, 0.3) is 6.33 Å². The van der Waals surface area contributed by atoms with E-state index < -0.39 is 5.60 Å². The minimum absolute atomic E-state index is 0.0187. The molecule has 2 aromatic heterocycles. The maximum absolute atomic E-state index is 13.4. The molecule has 5 aromatic rings. The van der Waals surface area contributed by atoms with Gasteiger partial charge in [-0.2, -0.15) is 0 Å². The van der Waals surface area contributed by atoms with Crippen LogP contribution in [0.5, 0.6) is 0 Å². The van der Waals surface area contributed by atoms with Gasteiger partial charge in [-0.25, -0.2) is 4.73 Å². The van der Waals surface area contributed by atoms with E-state index in [1.54, 1.807) is 13.0 Å². The number of rotatable bonds is 8. The molecule has 3 aromatic carbocycles. The van der Waals surface area contributed by atoms with Crippen LogP contribution in [0.1, 0.15) is 58.5 Å². The van der Waals surface area contributed by atoms with Crippen molar-refractivity contribution in [3.05, 3.63) is 136 Å². The molecule has 0 bridgehead atoms. The fraction of sp³-hybridized carbons (Fsp3) is 0.219. The number of carbonyl (C=O) groups is 1. The average molecular weight is 507 g/mol. The Morgan fingerprint density at radius 2 is 1.84 bits per heavy atom. The van der Waals surface area contributed by atoms with Gasteiger partial charge in [0.15, 0.2) is 11.3 Å². The van der Waals surface area contributed by atoms with Crippen LogP contribution in [0.4, 0.5) is 0 Å². The summed E-state index contributed by atoms with van der Waals surface area (Å²) in [7, 11) is 0. The number of hydrogen-bond acceptors (Lipinski definition) is 5. The summed E-state index contributed by atoms with van der Waals surface area (Å²) in [5, 5.41) is 23.2. The molecule has 6 heteroatoms. The van der Waals surface area contributed by atoms with Gasteiger partial charge in [-0.1, -0.05) is 60.2 Å².